The van der Waals surface area contributed by atoms with Crippen LogP contribution >= 0.6 is 0 Å². The van der Waals surface area contributed by atoms with Crippen molar-refractivity contribution in [2.45, 2.75) is 18.9 Å². The molecule has 0 fully saturated rings. The smallest absolute Gasteiger partial charge is 0.122 e. The van der Waals surface area contributed by atoms with Crippen molar-refractivity contribution in [2.24, 2.45) is 18.8 Å². The lowest BCUT2D eigenvalue weighted by atomic mass is 9.88. The summed E-state index contributed by atoms with van der Waals surface area (Å²) < 4.78 is 7.53. The molecule has 0 saturated heterocycles. The van der Waals surface area contributed by atoms with Crippen LogP contribution in [-0.4, -0.2) is 27.6 Å². The molecule has 2 aromatic rings. The molecule has 3 rings (SSSR count). The highest BCUT2D eigenvalue weighted by Gasteiger charge is 2.27. The van der Waals surface area contributed by atoms with Crippen LogP contribution in [-0.2, 0) is 19.9 Å². The van der Waals surface area contributed by atoms with Crippen LogP contribution in [0.1, 0.15) is 11.3 Å². The summed E-state index contributed by atoms with van der Waals surface area (Å²) in [6.45, 7) is 0.673. The number of benzene rings is 1. The molecule has 2 heterocycles. The highest BCUT2D eigenvalue weighted by atomic mass is 16.5. The van der Waals surface area contributed by atoms with Crippen molar-refractivity contribution < 1.29 is 4.74 Å². The number of fused-ring (bicyclic) bond motifs is 1. The maximum atomic E-state index is 5.82. The lowest BCUT2D eigenvalue weighted by molar-refractivity contribution is 0.183. The van der Waals surface area contributed by atoms with Crippen molar-refractivity contribution in [1.82, 2.24) is 20.4 Å². The third-order valence-corrected chi connectivity index (χ3v) is 3.77. The molecule has 0 spiro atoms. The van der Waals surface area contributed by atoms with Gasteiger partial charge in [-0.2, -0.15) is 0 Å². The number of nitrogens with one attached hydrogen (secondary N) is 1. The zero-order valence-electron chi connectivity index (χ0n) is 11.5. The molecule has 20 heavy (non-hydrogen) atoms. The van der Waals surface area contributed by atoms with Gasteiger partial charge in [0.05, 0.1) is 12.3 Å². The van der Waals surface area contributed by atoms with Crippen LogP contribution < -0.4 is 16.0 Å². The Hall–Kier alpha value is -1.92. The van der Waals surface area contributed by atoms with Crippen molar-refractivity contribution in [3.63, 3.8) is 0 Å². The lowest BCUT2D eigenvalue weighted by Gasteiger charge is -2.30. The highest BCUT2D eigenvalue weighted by Crippen LogP contribution is 2.28. The molecule has 0 radical (unpaired) electrons. The van der Waals surface area contributed by atoms with Gasteiger partial charge in [-0.1, -0.05) is 23.4 Å². The molecule has 0 bridgehead atoms. The highest BCUT2D eigenvalue weighted by molar-refractivity contribution is 5.35. The van der Waals surface area contributed by atoms with E-state index in [0.717, 1.165) is 24.3 Å². The Labute approximate surface area is 117 Å². The summed E-state index contributed by atoms with van der Waals surface area (Å²) in [5.41, 5.74) is 5.08. The number of aryl methyl sites for hydroxylation is 1. The van der Waals surface area contributed by atoms with E-state index in [4.69, 9.17) is 10.6 Å². The summed E-state index contributed by atoms with van der Waals surface area (Å²) in [6.07, 6.45) is 3.63. The summed E-state index contributed by atoms with van der Waals surface area (Å²) in [5, 5.41) is 8.07. The van der Waals surface area contributed by atoms with Gasteiger partial charge in [-0.15, -0.1) is 5.10 Å². The second kappa shape index (κ2) is 5.60. The Morgan fingerprint density at radius 1 is 1.50 bits per heavy atom. The van der Waals surface area contributed by atoms with E-state index in [-0.39, 0.29) is 6.04 Å². The van der Waals surface area contributed by atoms with Gasteiger partial charge in [0.1, 0.15) is 5.75 Å². The fraction of sp³-hybridized carbons (Fsp3) is 0.429. The number of ether oxygens (including phenoxy) is 1. The minimum Gasteiger partial charge on any atom is -0.493 e. The van der Waals surface area contributed by atoms with Crippen LogP contribution in [0.2, 0.25) is 0 Å². The van der Waals surface area contributed by atoms with Crippen molar-refractivity contribution in [2.75, 3.05) is 6.61 Å². The molecular formula is C14H19N5O. The number of aromatic nitrogens is 3. The third kappa shape index (κ3) is 2.66. The molecule has 0 saturated carbocycles. The monoisotopic (exact) mass is 273 g/mol. The molecule has 3 N–H and O–H groups in total. The minimum atomic E-state index is 0.125. The van der Waals surface area contributed by atoms with Gasteiger partial charge in [-0.25, -0.2) is 0 Å². The Morgan fingerprint density at radius 3 is 3.10 bits per heavy atom. The fourth-order valence-corrected chi connectivity index (χ4v) is 2.69. The van der Waals surface area contributed by atoms with Gasteiger partial charge in [-0.3, -0.25) is 16.0 Å². The van der Waals surface area contributed by atoms with E-state index in [2.05, 4.69) is 21.8 Å². The summed E-state index contributed by atoms with van der Waals surface area (Å²) in [6, 6.07) is 8.28. The van der Waals surface area contributed by atoms with Gasteiger partial charge in [-0.05, 0) is 18.1 Å². The summed E-state index contributed by atoms with van der Waals surface area (Å²) in [7, 11) is 1.86. The van der Waals surface area contributed by atoms with Crippen LogP contribution in [0.25, 0.3) is 0 Å². The predicted octanol–water partition coefficient (Wildman–Crippen LogP) is 0.441. The van der Waals surface area contributed by atoms with E-state index < -0.39 is 0 Å². The van der Waals surface area contributed by atoms with Crippen LogP contribution in [0.5, 0.6) is 5.75 Å². The Bertz CT molecular complexity index is 582. The van der Waals surface area contributed by atoms with Crippen molar-refractivity contribution >= 4 is 0 Å². The van der Waals surface area contributed by atoms with Gasteiger partial charge in [0.15, 0.2) is 0 Å². The van der Waals surface area contributed by atoms with Gasteiger partial charge in [0, 0.05) is 31.6 Å². The molecule has 2 unspecified atom stereocenters. The molecule has 1 aliphatic heterocycles. The standard InChI is InChI=1S/C14H19N5O/c1-19-8-12(17-18-19)7-13(16-15)11-6-10-4-2-3-5-14(10)20-9-11/h2-5,8,11,13,16H,6-7,9,15H2,1H3. The van der Waals surface area contributed by atoms with E-state index >= 15 is 0 Å². The Kier molecular flexibility index (Phi) is 3.66. The number of hydrogen-bond acceptors (Lipinski definition) is 5. The molecule has 0 aliphatic carbocycles. The van der Waals surface area contributed by atoms with Crippen LogP contribution in [0.3, 0.4) is 0 Å². The zero-order valence-corrected chi connectivity index (χ0v) is 11.5. The molecular weight excluding hydrogens is 254 g/mol. The molecule has 0 amide bonds. The molecule has 1 aromatic heterocycles. The SMILES string of the molecule is Cn1cc(CC(NN)C2COc3ccccc3C2)nn1. The van der Waals surface area contributed by atoms with Gasteiger partial charge < -0.3 is 4.74 Å². The molecule has 6 heteroatoms. The summed E-state index contributed by atoms with van der Waals surface area (Å²) in [5.74, 6) is 7.03. The fourth-order valence-electron chi connectivity index (χ4n) is 2.69. The predicted molar refractivity (Wildman–Crippen MR) is 74.9 cm³/mol. The maximum Gasteiger partial charge on any atom is 0.122 e. The maximum absolute atomic E-state index is 5.82. The molecule has 6 nitrogen and oxygen atoms in total. The number of hydrazine groups is 1. The first-order chi connectivity index (χ1) is 9.76. The van der Waals surface area contributed by atoms with Gasteiger partial charge in [0.2, 0.25) is 0 Å². The second-order valence-electron chi connectivity index (χ2n) is 5.24. The van der Waals surface area contributed by atoms with Crippen molar-refractivity contribution in [1.29, 1.82) is 0 Å². The molecule has 1 aliphatic rings. The molecule has 1 aromatic carbocycles. The number of para-hydroxylation sites is 1. The first-order valence-corrected chi connectivity index (χ1v) is 6.78. The van der Waals surface area contributed by atoms with E-state index in [9.17, 15) is 0 Å². The van der Waals surface area contributed by atoms with E-state index in [1.807, 2.05) is 31.4 Å². The van der Waals surface area contributed by atoms with Crippen molar-refractivity contribution in [3.05, 3.63) is 41.7 Å². The third-order valence-electron chi connectivity index (χ3n) is 3.77. The van der Waals surface area contributed by atoms with E-state index in [1.165, 1.54) is 5.56 Å². The topological polar surface area (TPSA) is 78.0 Å². The van der Waals surface area contributed by atoms with Gasteiger partial charge in [0.25, 0.3) is 0 Å². The Morgan fingerprint density at radius 2 is 2.35 bits per heavy atom. The zero-order chi connectivity index (χ0) is 13.9. The Balaban J connectivity index is 1.71. The summed E-state index contributed by atoms with van der Waals surface area (Å²) in [4.78, 5) is 0. The number of nitrogens with zero attached hydrogens (tertiary/aromatic N) is 3. The average Bonchev–Trinajstić information content (AvgIpc) is 2.89. The first-order valence-electron chi connectivity index (χ1n) is 6.78. The summed E-state index contributed by atoms with van der Waals surface area (Å²) >= 11 is 0. The second-order valence-corrected chi connectivity index (χ2v) is 5.24. The number of hydrogen-bond donors (Lipinski definition) is 2. The van der Waals surface area contributed by atoms with Crippen LogP contribution in [0.15, 0.2) is 30.5 Å². The molecule has 2 atom stereocenters. The van der Waals surface area contributed by atoms with Crippen LogP contribution in [0.4, 0.5) is 0 Å². The lowest BCUT2D eigenvalue weighted by Crippen LogP contribution is -2.46. The normalized spacial score (nSPS) is 19.2. The van der Waals surface area contributed by atoms with Gasteiger partial charge >= 0.3 is 0 Å². The average molecular weight is 273 g/mol. The quantitative estimate of drug-likeness (QED) is 0.624. The number of rotatable bonds is 4. The van der Waals surface area contributed by atoms with E-state index in [0.29, 0.717) is 12.5 Å². The van der Waals surface area contributed by atoms with Crippen LogP contribution in [0, 0.1) is 5.92 Å². The van der Waals surface area contributed by atoms with E-state index in [1.54, 1.807) is 4.68 Å². The molecule has 106 valence electrons. The minimum absolute atomic E-state index is 0.125. The van der Waals surface area contributed by atoms with Crippen molar-refractivity contribution in [3.8, 4) is 5.75 Å². The first kappa shape index (κ1) is 13.1. The number of nitrogens with two attached hydrogens (primary N) is 1. The largest absolute Gasteiger partial charge is 0.493 e.